The first-order chi connectivity index (χ1) is 10.3. The smallest absolute Gasteiger partial charge is 0.0125 e. The summed E-state index contributed by atoms with van der Waals surface area (Å²) in [5.41, 5.74) is 0. The summed E-state index contributed by atoms with van der Waals surface area (Å²) >= 11 is 0. The van der Waals surface area contributed by atoms with Gasteiger partial charge in [0.1, 0.15) is 0 Å². The van der Waals surface area contributed by atoms with E-state index in [1.807, 2.05) is 0 Å². The van der Waals surface area contributed by atoms with Crippen molar-refractivity contribution in [3.8, 4) is 0 Å². The quantitative estimate of drug-likeness (QED) is 0.554. The minimum Gasteiger partial charge on any atom is -0.311 e. The highest BCUT2D eigenvalue weighted by Gasteiger charge is 2.35. The van der Waals surface area contributed by atoms with E-state index >= 15 is 0 Å². The second-order valence-corrected chi connectivity index (χ2v) is 7.37. The van der Waals surface area contributed by atoms with E-state index in [1.165, 1.54) is 90.1 Å². The Hall–Kier alpha value is -0.0800. The van der Waals surface area contributed by atoms with Gasteiger partial charge in [0.2, 0.25) is 0 Å². The Morgan fingerprint density at radius 2 is 1.38 bits per heavy atom. The zero-order valence-corrected chi connectivity index (χ0v) is 14.6. The fraction of sp³-hybridized carbons (Fsp3) is 1.00. The molecule has 2 aliphatic heterocycles. The topological polar surface area (TPSA) is 15.3 Å². The van der Waals surface area contributed by atoms with Crippen LogP contribution in [0.2, 0.25) is 0 Å². The summed E-state index contributed by atoms with van der Waals surface area (Å²) in [5.74, 6) is 0. The average Bonchev–Trinajstić information content (AvgIpc) is 2.84. The molecule has 0 amide bonds. The molecule has 2 unspecified atom stereocenters. The van der Waals surface area contributed by atoms with E-state index in [1.54, 1.807) is 0 Å². The third-order valence-corrected chi connectivity index (χ3v) is 5.67. The van der Waals surface area contributed by atoms with Crippen molar-refractivity contribution in [1.82, 2.24) is 10.2 Å². The van der Waals surface area contributed by atoms with Gasteiger partial charge in [-0.25, -0.2) is 0 Å². The first-order valence-corrected chi connectivity index (χ1v) is 9.83. The van der Waals surface area contributed by atoms with Crippen LogP contribution in [-0.4, -0.2) is 36.1 Å². The van der Waals surface area contributed by atoms with E-state index < -0.39 is 0 Å². The molecule has 0 aliphatic carbocycles. The van der Waals surface area contributed by atoms with Crippen molar-refractivity contribution in [3.05, 3.63) is 0 Å². The largest absolute Gasteiger partial charge is 0.311 e. The molecule has 0 aromatic rings. The van der Waals surface area contributed by atoms with Gasteiger partial charge in [-0.3, -0.25) is 0 Å². The number of rotatable bonds is 11. The van der Waals surface area contributed by atoms with E-state index in [-0.39, 0.29) is 0 Å². The van der Waals surface area contributed by atoms with Gasteiger partial charge in [-0.2, -0.15) is 0 Å². The van der Waals surface area contributed by atoms with Gasteiger partial charge in [0.25, 0.3) is 0 Å². The molecule has 2 bridgehead atoms. The molecule has 2 saturated heterocycles. The van der Waals surface area contributed by atoms with Crippen LogP contribution < -0.4 is 5.32 Å². The summed E-state index contributed by atoms with van der Waals surface area (Å²) < 4.78 is 0. The van der Waals surface area contributed by atoms with Crippen LogP contribution in [0.5, 0.6) is 0 Å². The van der Waals surface area contributed by atoms with Crippen LogP contribution >= 0.6 is 0 Å². The van der Waals surface area contributed by atoms with Crippen LogP contribution in [0.1, 0.15) is 90.9 Å². The summed E-state index contributed by atoms with van der Waals surface area (Å²) in [4.78, 5) is 2.78. The molecule has 2 rings (SSSR count). The lowest BCUT2D eigenvalue weighted by atomic mass is 9.97. The van der Waals surface area contributed by atoms with Crippen molar-refractivity contribution >= 4 is 0 Å². The molecule has 2 atom stereocenters. The molecular formula is C19H38N2. The minimum absolute atomic E-state index is 0.835. The van der Waals surface area contributed by atoms with Crippen molar-refractivity contribution in [2.24, 2.45) is 0 Å². The molecule has 0 aromatic carbocycles. The number of nitrogens with one attached hydrogen (secondary N) is 1. The van der Waals surface area contributed by atoms with E-state index in [0.29, 0.717) is 0 Å². The van der Waals surface area contributed by atoms with Gasteiger partial charge in [0, 0.05) is 18.1 Å². The number of hydrogen-bond donors (Lipinski definition) is 1. The van der Waals surface area contributed by atoms with Gasteiger partial charge in [-0.1, -0.05) is 58.8 Å². The van der Waals surface area contributed by atoms with Crippen molar-refractivity contribution in [3.63, 3.8) is 0 Å². The molecule has 0 radical (unpaired) electrons. The van der Waals surface area contributed by atoms with Crippen LogP contribution in [0.25, 0.3) is 0 Å². The summed E-state index contributed by atoms with van der Waals surface area (Å²) in [6.45, 7) is 7.25. The van der Waals surface area contributed by atoms with Crippen LogP contribution in [-0.2, 0) is 0 Å². The fourth-order valence-electron chi connectivity index (χ4n) is 4.37. The Morgan fingerprint density at radius 1 is 0.810 bits per heavy atom. The second kappa shape index (κ2) is 9.84. The van der Waals surface area contributed by atoms with Gasteiger partial charge in [0.15, 0.2) is 0 Å². The first kappa shape index (κ1) is 17.3. The molecule has 2 nitrogen and oxygen atoms in total. The lowest BCUT2D eigenvalue weighted by molar-refractivity contribution is 0.145. The third kappa shape index (κ3) is 5.90. The Balaban J connectivity index is 1.53. The van der Waals surface area contributed by atoms with Gasteiger partial charge < -0.3 is 10.2 Å². The number of unbranched alkanes of at least 4 members (excludes halogenated alkanes) is 7. The molecule has 0 spiro atoms. The first-order valence-electron chi connectivity index (χ1n) is 9.83. The average molecular weight is 295 g/mol. The van der Waals surface area contributed by atoms with E-state index in [4.69, 9.17) is 0 Å². The molecule has 21 heavy (non-hydrogen) atoms. The monoisotopic (exact) mass is 294 g/mol. The Morgan fingerprint density at radius 3 is 1.95 bits per heavy atom. The molecule has 2 fully saturated rings. The standard InChI is InChI=1S/C19H38N2/c1-3-5-6-7-8-9-10-11-14-21(4-2)19-15-17-12-13-18(16-19)20-17/h17-20H,3-16H2,1-2H3. The Labute approximate surface area is 133 Å². The van der Waals surface area contributed by atoms with Crippen molar-refractivity contribution in [2.45, 2.75) is 109 Å². The maximum Gasteiger partial charge on any atom is 0.0125 e. The van der Waals surface area contributed by atoms with Gasteiger partial charge in [-0.05, 0) is 45.2 Å². The highest BCUT2D eigenvalue weighted by atomic mass is 15.2. The minimum atomic E-state index is 0.835. The number of fused-ring (bicyclic) bond motifs is 2. The molecule has 1 N–H and O–H groups in total. The van der Waals surface area contributed by atoms with Crippen molar-refractivity contribution in [1.29, 1.82) is 0 Å². The summed E-state index contributed by atoms with van der Waals surface area (Å²) in [6.07, 6.45) is 17.2. The van der Waals surface area contributed by atoms with E-state index in [0.717, 1.165) is 18.1 Å². The maximum atomic E-state index is 3.77. The van der Waals surface area contributed by atoms with Gasteiger partial charge in [0.05, 0.1) is 0 Å². The highest BCUT2D eigenvalue weighted by molar-refractivity contribution is 4.95. The predicted molar refractivity (Wildman–Crippen MR) is 92.8 cm³/mol. The third-order valence-electron chi connectivity index (χ3n) is 5.67. The molecule has 0 aromatic heterocycles. The van der Waals surface area contributed by atoms with Crippen LogP contribution in [0, 0.1) is 0 Å². The highest BCUT2D eigenvalue weighted by Crippen LogP contribution is 2.29. The van der Waals surface area contributed by atoms with E-state index in [2.05, 4.69) is 24.1 Å². The fourth-order valence-corrected chi connectivity index (χ4v) is 4.37. The number of hydrogen-bond acceptors (Lipinski definition) is 2. The molecule has 2 aliphatic rings. The SMILES string of the molecule is CCCCCCCCCCN(CC)C1CC2CCC(C1)N2. The lowest BCUT2D eigenvalue weighted by Gasteiger charge is -2.37. The normalized spacial score (nSPS) is 28.4. The van der Waals surface area contributed by atoms with Gasteiger partial charge >= 0.3 is 0 Å². The van der Waals surface area contributed by atoms with Crippen molar-refractivity contribution in [2.75, 3.05) is 13.1 Å². The van der Waals surface area contributed by atoms with Crippen molar-refractivity contribution < 1.29 is 0 Å². The van der Waals surface area contributed by atoms with Crippen LogP contribution in [0.15, 0.2) is 0 Å². The summed E-state index contributed by atoms with van der Waals surface area (Å²) in [7, 11) is 0. The summed E-state index contributed by atoms with van der Waals surface area (Å²) in [5, 5.41) is 3.77. The van der Waals surface area contributed by atoms with Crippen LogP contribution in [0.4, 0.5) is 0 Å². The van der Waals surface area contributed by atoms with E-state index in [9.17, 15) is 0 Å². The van der Waals surface area contributed by atoms with Crippen LogP contribution in [0.3, 0.4) is 0 Å². The molecule has 2 heteroatoms. The Kier molecular flexibility index (Phi) is 8.10. The summed E-state index contributed by atoms with van der Waals surface area (Å²) in [6, 6.07) is 2.54. The molecule has 0 saturated carbocycles. The molecule has 2 heterocycles. The number of piperidine rings is 1. The Bertz CT molecular complexity index is 254. The number of nitrogens with zero attached hydrogens (tertiary/aromatic N) is 1. The zero-order valence-electron chi connectivity index (χ0n) is 14.6. The molecule has 124 valence electrons. The molecular weight excluding hydrogens is 256 g/mol. The van der Waals surface area contributed by atoms with Gasteiger partial charge in [-0.15, -0.1) is 0 Å². The zero-order chi connectivity index (χ0) is 14.9. The predicted octanol–water partition coefficient (Wildman–Crippen LogP) is 4.73. The maximum absolute atomic E-state index is 3.77. The second-order valence-electron chi connectivity index (χ2n) is 7.37. The lowest BCUT2D eigenvalue weighted by Crippen LogP contribution is -2.48.